The van der Waals surface area contributed by atoms with E-state index in [2.05, 4.69) is 97.1 Å². The molecule has 4 amide bonds. The van der Waals surface area contributed by atoms with Gasteiger partial charge in [0.1, 0.15) is 0 Å². The van der Waals surface area contributed by atoms with Gasteiger partial charge in [-0.3, -0.25) is 29.8 Å². The van der Waals surface area contributed by atoms with Gasteiger partial charge in [-0.25, -0.2) is 0 Å². The summed E-state index contributed by atoms with van der Waals surface area (Å²) in [5.41, 5.74) is 1.50. The lowest BCUT2D eigenvalue weighted by Crippen LogP contribution is -2.55. The SMILES string of the molecule is O=C1NC(=O)c2cc(C(c3ccc4c(c3)C(=O)NC4=O)(C(F)(F)F)C(F)(F)F)ccc21.c1ccc2c(c1)-c1ccccc1C21c2ccccc2-c2ccccc21. The number of halogens is 6. The largest absolute Gasteiger partial charge is 0.411 e. The normalized spacial score (nSPS) is 15.5. The number of benzene rings is 6. The van der Waals surface area contributed by atoms with E-state index in [4.69, 9.17) is 0 Å². The molecule has 4 aliphatic rings. The highest BCUT2D eigenvalue weighted by atomic mass is 19.4. The fraction of sp³-hybridized carbons (Fsp3) is 0.0909. The van der Waals surface area contributed by atoms with Gasteiger partial charge in [0, 0.05) is 0 Å². The van der Waals surface area contributed by atoms with Crippen LogP contribution in [0.4, 0.5) is 26.3 Å². The van der Waals surface area contributed by atoms with Gasteiger partial charge < -0.3 is 0 Å². The molecule has 6 aromatic rings. The van der Waals surface area contributed by atoms with Crippen LogP contribution in [0.2, 0.25) is 0 Å². The van der Waals surface area contributed by atoms with Gasteiger partial charge in [0.25, 0.3) is 23.6 Å². The third kappa shape index (κ3) is 4.52. The molecule has 0 aromatic heterocycles. The molecule has 2 heterocycles. The number of rotatable bonds is 2. The fourth-order valence-corrected chi connectivity index (χ4v) is 8.83. The van der Waals surface area contributed by atoms with Crippen molar-refractivity contribution in [2.24, 2.45) is 0 Å². The van der Waals surface area contributed by atoms with Crippen molar-refractivity contribution in [3.8, 4) is 22.3 Å². The van der Waals surface area contributed by atoms with E-state index in [0.29, 0.717) is 36.4 Å². The maximum Gasteiger partial charge on any atom is 0.411 e. The Balaban J connectivity index is 0.000000149. The van der Waals surface area contributed by atoms with Gasteiger partial charge in [-0.15, -0.1) is 0 Å². The molecule has 6 nitrogen and oxygen atoms in total. The maximum atomic E-state index is 14.2. The first kappa shape index (κ1) is 34.9. The third-order valence-corrected chi connectivity index (χ3v) is 11.1. The van der Waals surface area contributed by atoms with Crippen LogP contribution in [0.1, 0.15) is 74.8 Å². The van der Waals surface area contributed by atoms with Crippen molar-refractivity contribution < 1.29 is 45.5 Å². The van der Waals surface area contributed by atoms with Crippen LogP contribution in [0.15, 0.2) is 133 Å². The van der Waals surface area contributed by atoms with Gasteiger partial charge in [-0.2, -0.15) is 26.3 Å². The van der Waals surface area contributed by atoms with Crippen LogP contribution in [0.5, 0.6) is 0 Å². The zero-order chi connectivity index (χ0) is 39.4. The number of hydrogen-bond donors (Lipinski definition) is 2. The molecule has 0 radical (unpaired) electrons. The standard InChI is InChI=1S/C25H16.C19H8F6N2O4/c1-5-13-21-17(9-1)18-10-2-6-14-22(18)25(21)23-15-7-3-11-19(23)20-12-4-8-16-24(20)25;20-18(21,22)17(19(23,24)25,7-1-3-9-11(5-7)15(30)26-13(9)28)8-2-4-10-12(6-8)16(31)27-14(10)29/h1-16H;1-6H,(H,26,28,30)(H,27,29,31). The summed E-state index contributed by atoms with van der Waals surface area (Å²) in [4.78, 5) is 47.0. The molecule has 0 fully saturated rings. The molecular weight excluding hydrogens is 734 g/mol. The number of carbonyl (C=O) groups is 4. The smallest absolute Gasteiger partial charge is 0.288 e. The van der Waals surface area contributed by atoms with Gasteiger partial charge in [-0.1, -0.05) is 109 Å². The fourth-order valence-electron chi connectivity index (χ4n) is 8.83. The van der Waals surface area contributed by atoms with Gasteiger partial charge >= 0.3 is 12.4 Å². The Labute approximate surface area is 313 Å². The second-order valence-electron chi connectivity index (χ2n) is 13.8. The Bertz CT molecular complexity index is 2450. The number of hydrogen-bond acceptors (Lipinski definition) is 4. The highest BCUT2D eigenvalue weighted by Crippen LogP contribution is 2.62. The molecule has 6 aromatic carbocycles. The molecule has 10 rings (SSSR count). The average molecular weight is 759 g/mol. The number of fused-ring (bicyclic) bond motifs is 12. The van der Waals surface area contributed by atoms with Crippen molar-refractivity contribution in [2.75, 3.05) is 0 Å². The van der Waals surface area contributed by atoms with Crippen molar-refractivity contribution in [3.05, 3.63) is 189 Å². The molecule has 2 N–H and O–H groups in total. The van der Waals surface area contributed by atoms with Gasteiger partial charge in [0.2, 0.25) is 5.41 Å². The lowest BCUT2D eigenvalue weighted by atomic mass is 9.70. The summed E-state index contributed by atoms with van der Waals surface area (Å²) in [6.07, 6.45) is -12.0. The molecule has 56 heavy (non-hydrogen) atoms. The van der Waals surface area contributed by atoms with Crippen LogP contribution >= 0.6 is 0 Å². The minimum atomic E-state index is -5.98. The van der Waals surface area contributed by atoms with Crippen LogP contribution < -0.4 is 10.6 Å². The molecule has 2 aliphatic heterocycles. The summed E-state index contributed by atoms with van der Waals surface area (Å²) >= 11 is 0. The quantitative estimate of drug-likeness (QED) is 0.136. The van der Waals surface area contributed by atoms with Gasteiger partial charge in [0.15, 0.2) is 0 Å². The predicted molar refractivity (Wildman–Crippen MR) is 192 cm³/mol. The molecule has 0 atom stereocenters. The summed E-state index contributed by atoms with van der Waals surface area (Å²) < 4.78 is 85.4. The van der Waals surface area contributed by atoms with Crippen molar-refractivity contribution in [2.45, 2.75) is 23.2 Å². The summed E-state index contributed by atoms with van der Waals surface area (Å²) in [7, 11) is 0. The summed E-state index contributed by atoms with van der Waals surface area (Å²) in [6.45, 7) is 0. The molecule has 0 unspecified atom stereocenters. The third-order valence-electron chi connectivity index (χ3n) is 11.1. The molecular formula is C44H24F6N2O4. The van der Waals surface area contributed by atoms with Crippen LogP contribution in [0.3, 0.4) is 0 Å². The van der Waals surface area contributed by atoms with Crippen LogP contribution in [-0.2, 0) is 10.8 Å². The zero-order valence-corrected chi connectivity index (χ0v) is 28.6. The van der Waals surface area contributed by atoms with Crippen LogP contribution in [-0.4, -0.2) is 36.0 Å². The van der Waals surface area contributed by atoms with Crippen molar-refractivity contribution in [1.82, 2.24) is 10.6 Å². The highest BCUT2D eigenvalue weighted by molar-refractivity contribution is 6.22. The topological polar surface area (TPSA) is 92.3 Å². The van der Waals surface area contributed by atoms with E-state index in [1.54, 1.807) is 10.6 Å². The van der Waals surface area contributed by atoms with Gasteiger partial charge in [-0.05, 0) is 79.9 Å². The Morgan fingerprint density at radius 3 is 0.946 bits per heavy atom. The lowest BCUT2D eigenvalue weighted by Gasteiger charge is -2.38. The molecule has 1 spiro atoms. The van der Waals surface area contributed by atoms with E-state index in [1.807, 2.05) is 0 Å². The van der Waals surface area contributed by atoms with Crippen LogP contribution in [0, 0.1) is 0 Å². The molecule has 12 heteroatoms. The molecule has 0 bridgehead atoms. The Kier molecular flexibility index (Phi) is 7.38. The van der Waals surface area contributed by atoms with Crippen molar-refractivity contribution in [1.29, 1.82) is 0 Å². The number of alkyl halides is 6. The molecule has 0 saturated carbocycles. The molecule has 276 valence electrons. The monoisotopic (exact) mass is 758 g/mol. The average Bonchev–Trinajstić information content (AvgIpc) is 3.84. The van der Waals surface area contributed by atoms with E-state index >= 15 is 0 Å². The Morgan fingerprint density at radius 1 is 0.357 bits per heavy atom. The first-order valence-electron chi connectivity index (χ1n) is 17.2. The molecule has 2 aliphatic carbocycles. The van der Waals surface area contributed by atoms with E-state index < -0.39 is 63.7 Å². The zero-order valence-electron chi connectivity index (χ0n) is 28.6. The summed E-state index contributed by atoms with van der Waals surface area (Å²) in [6, 6.07) is 38.7. The number of nitrogens with one attached hydrogen (secondary N) is 2. The lowest BCUT2D eigenvalue weighted by molar-refractivity contribution is -0.288. The Hall–Kier alpha value is -6.82. The van der Waals surface area contributed by atoms with E-state index in [9.17, 15) is 45.5 Å². The minimum absolute atomic E-state index is 0.180. The number of carbonyl (C=O) groups excluding carboxylic acids is 4. The summed E-state index contributed by atoms with van der Waals surface area (Å²) in [5.74, 6) is -4.19. The second-order valence-corrected chi connectivity index (χ2v) is 13.8. The van der Waals surface area contributed by atoms with Crippen molar-refractivity contribution in [3.63, 3.8) is 0 Å². The van der Waals surface area contributed by atoms with Crippen molar-refractivity contribution >= 4 is 23.6 Å². The van der Waals surface area contributed by atoms with Gasteiger partial charge in [0.05, 0.1) is 27.7 Å². The summed E-state index contributed by atoms with van der Waals surface area (Å²) in [5, 5.41) is 3.58. The van der Waals surface area contributed by atoms with Crippen LogP contribution in [0.25, 0.3) is 22.3 Å². The van der Waals surface area contributed by atoms with E-state index in [-0.39, 0.29) is 16.5 Å². The number of imide groups is 2. The van der Waals surface area contributed by atoms with E-state index in [0.717, 1.165) is 0 Å². The maximum absolute atomic E-state index is 14.2. The first-order chi connectivity index (χ1) is 26.7. The Morgan fingerprint density at radius 2 is 0.643 bits per heavy atom. The van der Waals surface area contributed by atoms with E-state index in [1.165, 1.54) is 44.5 Å². The number of amides is 4. The first-order valence-corrected chi connectivity index (χ1v) is 17.2. The molecule has 0 saturated heterocycles. The minimum Gasteiger partial charge on any atom is -0.288 e. The second kappa shape index (κ2) is 11.8. The predicted octanol–water partition coefficient (Wildman–Crippen LogP) is 8.89. The highest BCUT2D eigenvalue weighted by Gasteiger charge is 2.73.